The van der Waals surface area contributed by atoms with Gasteiger partial charge in [-0.1, -0.05) is 12.5 Å². The molecule has 1 aliphatic rings. The summed E-state index contributed by atoms with van der Waals surface area (Å²) in [6, 6.07) is 3.93. The van der Waals surface area contributed by atoms with E-state index in [9.17, 15) is 0 Å². The summed E-state index contributed by atoms with van der Waals surface area (Å²) >= 11 is 0. The lowest BCUT2D eigenvalue weighted by atomic mass is 9.99. The smallest absolute Gasteiger partial charge is 0.126 e. The molecule has 0 spiro atoms. The predicted molar refractivity (Wildman–Crippen MR) is 78.0 cm³/mol. The van der Waals surface area contributed by atoms with Crippen LogP contribution < -0.4 is 0 Å². The Labute approximate surface area is 116 Å². The quantitative estimate of drug-likeness (QED) is 0.786. The normalized spacial score (nSPS) is 18.2. The van der Waals surface area contributed by atoms with Gasteiger partial charge in [-0.25, -0.2) is 0 Å². The first-order valence-electron chi connectivity index (χ1n) is 7.28. The maximum absolute atomic E-state index is 5.42. The van der Waals surface area contributed by atoms with Gasteiger partial charge in [-0.15, -0.1) is 0 Å². The van der Waals surface area contributed by atoms with Crippen molar-refractivity contribution in [1.82, 2.24) is 4.90 Å². The minimum Gasteiger partial charge on any atom is -0.465 e. The number of nitrogens with zero attached hydrogens (tertiary/aromatic N) is 1. The summed E-state index contributed by atoms with van der Waals surface area (Å²) in [7, 11) is 0. The van der Waals surface area contributed by atoms with Crippen LogP contribution in [-0.2, 0) is 4.74 Å². The van der Waals surface area contributed by atoms with Crippen molar-refractivity contribution >= 4 is 6.08 Å². The largest absolute Gasteiger partial charge is 0.465 e. The van der Waals surface area contributed by atoms with Crippen LogP contribution in [-0.4, -0.2) is 37.7 Å². The average Bonchev–Trinajstić information content (AvgIpc) is 2.92. The van der Waals surface area contributed by atoms with E-state index in [0.717, 1.165) is 38.0 Å². The van der Waals surface area contributed by atoms with Crippen molar-refractivity contribution in [3.8, 4) is 0 Å². The van der Waals surface area contributed by atoms with Crippen LogP contribution in [0.5, 0.6) is 0 Å². The molecule has 0 bridgehead atoms. The van der Waals surface area contributed by atoms with Crippen molar-refractivity contribution in [2.45, 2.75) is 26.7 Å². The second-order valence-electron chi connectivity index (χ2n) is 5.39. The van der Waals surface area contributed by atoms with Gasteiger partial charge in [0.25, 0.3) is 0 Å². The monoisotopic (exact) mass is 263 g/mol. The fourth-order valence-electron chi connectivity index (χ4n) is 2.61. The molecule has 0 aromatic carbocycles. The first kappa shape index (κ1) is 14.4. The molecular weight excluding hydrogens is 238 g/mol. The van der Waals surface area contributed by atoms with Crippen LogP contribution in [0.3, 0.4) is 0 Å². The van der Waals surface area contributed by atoms with Gasteiger partial charge in [0.15, 0.2) is 0 Å². The third kappa shape index (κ3) is 4.84. The maximum atomic E-state index is 5.42. The van der Waals surface area contributed by atoms with Gasteiger partial charge in [-0.3, -0.25) is 4.90 Å². The maximum Gasteiger partial charge on any atom is 0.126 e. The van der Waals surface area contributed by atoms with Crippen molar-refractivity contribution in [3.63, 3.8) is 0 Å². The summed E-state index contributed by atoms with van der Waals surface area (Å²) in [5.74, 6) is 1.74. The van der Waals surface area contributed by atoms with Gasteiger partial charge in [0.2, 0.25) is 0 Å². The molecule has 1 saturated heterocycles. The Hall–Kier alpha value is -1.06. The summed E-state index contributed by atoms with van der Waals surface area (Å²) in [5.41, 5.74) is 1.35. The molecule has 0 radical (unpaired) electrons. The van der Waals surface area contributed by atoms with Crippen molar-refractivity contribution in [2.24, 2.45) is 5.92 Å². The van der Waals surface area contributed by atoms with E-state index >= 15 is 0 Å². The van der Waals surface area contributed by atoms with Gasteiger partial charge >= 0.3 is 0 Å². The van der Waals surface area contributed by atoms with E-state index in [1.54, 1.807) is 6.26 Å². The lowest BCUT2D eigenvalue weighted by Gasteiger charge is -2.29. The van der Waals surface area contributed by atoms with Crippen LogP contribution in [0.2, 0.25) is 0 Å². The summed E-state index contributed by atoms with van der Waals surface area (Å²) < 4.78 is 10.8. The molecule has 1 aromatic heterocycles. The van der Waals surface area contributed by atoms with E-state index in [2.05, 4.69) is 24.8 Å². The third-order valence-corrected chi connectivity index (χ3v) is 3.71. The molecule has 2 rings (SSSR count). The minimum atomic E-state index is 0.796. The van der Waals surface area contributed by atoms with E-state index in [1.165, 1.54) is 25.0 Å². The molecule has 106 valence electrons. The summed E-state index contributed by atoms with van der Waals surface area (Å²) in [6.07, 6.45) is 6.26. The Morgan fingerprint density at radius 2 is 2.21 bits per heavy atom. The summed E-state index contributed by atoms with van der Waals surface area (Å²) in [5, 5.41) is 0. The van der Waals surface area contributed by atoms with Gasteiger partial charge in [0, 0.05) is 26.3 Å². The average molecular weight is 263 g/mol. The Bertz CT molecular complexity index is 377. The molecule has 1 aromatic rings. The lowest BCUT2D eigenvalue weighted by molar-refractivity contribution is 0.0544. The van der Waals surface area contributed by atoms with Crippen LogP contribution in [0.25, 0.3) is 6.08 Å². The zero-order valence-electron chi connectivity index (χ0n) is 12.1. The predicted octanol–water partition coefficient (Wildman–Crippen LogP) is 3.43. The second kappa shape index (κ2) is 7.51. The topological polar surface area (TPSA) is 25.6 Å². The Morgan fingerprint density at radius 3 is 2.84 bits per heavy atom. The molecule has 2 heterocycles. The molecule has 1 fully saturated rings. The van der Waals surface area contributed by atoms with Gasteiger partial charge in [0.1, 0.15) is 5.76 Å². The first-order chi connectivity index (χ1) is 9.28. The number of hydrogen-bond acceptors (Lipinski definition) is 3. The van der Waals surface area contributed by atoms with E-state index in [4.69, 9.17) is 9.15 Å². The fourth-order valence-corrected chi connectivity index (χ4v) is 2.61. The summed E-state index contributed by atoms with van der Waals surface area (Å²) in [4.78, 5) is 2.52. The fraction of sp³-hybridized carbons (Fsp3) is 0.625. The first-order valence-corrected chi connectivity index (χ1v) is 7.28. The molecule has 3 nitrogen and oxygen atoms in total. The zero-order valence-corrected chi connectivity index (χ0v) is 12.1. The van der Waals surface area contributed by atoms with Gasteiger partial charge < -0.3 is 9.15 Å². The van der Waals surface area contributed by atoms with Crippen LogP contribution in [0, 0.1) is 5.92 Å². The molecule has 3 heteroatoms. The highest BCUT2D eigenvalue weighted by atomic mass is 16.5. The van der Waals surface area contributed by atoms with E-state index < -0.39 is 0 Å². The highest BCUT2D eigenvalue weighted by Crippen LogP contribution is 2.17. The lowest BCUT2D eigenvalue weighted by Crippen LogP contribution is -2.33. The zero-order chi connectivity index (χ0) is 13.5. The molecule has 0 saturated carbocycles. The van der Waals surface area contributed by atoms with Gasteiger partial charge in [0.05, 0.1) is 6.26 Å². The standard InChI is InChI=1S/C16H25NO2/c1-3-17(13-15-6-9-18-10-7-15)12-14(2)11-16-5-4-8-19-16/h4-5,8,11,15H,3,6-7,9-10,12-13H2,1-2H3. The number of rotatable bonds is 6. The van der Waals surface area contributed by atoms with Crippen molar-refractivity contribution in [3.05, 3.63) is 29.7 Å². The Kier molecular flexibility index (Phi) is 5.67. The van der Waals surface area contributed by atoms with Crippen molar-refractivity contribution in [1.29, 1.82) is 0 Å². The minimum absolute atomic E-state index is 0.796. The van der Waals surface area contributed by atoms with Gasteiger partial charge in [-0.05, 0) is 50.4 Å². The van der Waals surface area contributed by atoms with E-state index in [1.807, 2.05) is 12.1 Å². The number of furan rings is 1. The van der Waals surface area contributed by atoms with Crippen LogP contribution in [0.1, 0.15) is 32.4 Å². The van der Waals surface area contributed by atoms with E-state index in [0.29, 0.717) is 0 Å². The van der Waals surface area contributed by atoms with Gasteiger partial charge in [-0.2, -0.15) is 0 Å². The number of likely N-dealkylation sites (N-methyl/N-ethyl adjacent to an activating group) is 1. The van der Waals surface area contributed by atoms with Crippen LogP contribution in [0.15, 0.2) is 28.4 Å². The molecule has 0 atom stereocenters. The molecule has 0 N–H and O–H groups in total. The molecule has 0 unspecified atom stereocenters. The van der Waals surface area contributed by atoms with Crippen LogP contribution >= 0.6 is 0 Å². The molecule has 1 aliphatic heterocycles. The van der Waals surface area contributed by atoms with E-state index in [-0.39, 0.29) is 0 Å². The van der Waals surface area contributed by atoms with Crippen molar-refractivity contribution in [2.75, 3.05) is 32.8 Å². The Balaban J connectivity index is 1.84. The molecule has 0 amide bonds. The number of hydrogen-bond donors (Lipinski definition) is 0. The SMILES string of the molecule is CCN(CC(C)=Cc1ccco1)CC1CCOCC1. The second-order valence-corrected chi connectivity index (χ2v) is 5.39. The molecule has 0 aliphatic carbocycles. The number of ether oxygens (including phenoxy) is 1. The molecule has 19 heavy (non-hydrogen) atoms. The van der Waals surface area contributed by atoms with Crippen molar-refractivity contribution < 1.29 is 9.15 Å². The molecular formula is C16H25NO2. The summed E-state index contributed by atoms with van der Waals surface area (Å²) in [6.45, 7) is 9.58. The Morgan fingerprint density at radius 1 is 1.42 bits per heavy atom. The third-order valence-electron chi connectivity index (χ3n) is 3.71. The highest BCUT2D eigenvalue weighted by molar-refractivity contribution is 5.46. The highest BCUT2D eigenvalue weighted by Gasteiger charge is 2.16. The van der Waals surface area contributed by atoms with Crippen LogP contribution in [0.4, 0.5) is 0 Å².